The molecule has 26 atom stereocenters. The number of fused-ring (bicyclic) bond motifs is 5. The lowest BCUT2D eigenvalue weighted by Gasteiger charge is -2.23. The molecule has 20 aliphatic rings. The van der Waals surface area contributed by atoms with Crippen molar-refractivity contribution in [3.05, 3.63) is 203 Å². The van der Waals surface area contributed by atoms with E-state index in [4.69, 9.17) is 90.5 Å². The van der Waals surface area contributed by atoms with Crippen molar-refractivity contribution >= 4 is 75.9 Å². The summed E-state index contributed by atoms with van der Waals surface area (Å²) in [6.45, 7) is 26.3. The number of amides is 5. The molecule has 6 spiro atoms. The monoisotopic (exact) mass is 1960 g/mol. The predicted molar refractivity (Wildman–Crippen MR) is 532 cm³/mol. The molecule has 746 valence electrons. The highest BCUT2D eigenvalue weighted by atomic mass is 35.5. The Kier molecular flexibility index (Phi) is 31.9. The van der Waals surface area contributed by atoms with Crippen LogP contribution in [0.3, 0.4) is 0 Å². The third-order valence-electron chi connectivity index (χ3n) is 34.8. The second-order valence-corrected chi connectivity index (χ2v) is 45.5. The van der Waals surface area contributed by atoms with E-state index in [1.165, 1.54) is 77.0 Å². The van der Waals surface area contributed by atoms with E-state index in [2.05, 4.69) is 62.8 Å². The Morgan fingerprint density at radius 1 is 0.336 bits per heavy atom. The van der Waals surface area contributed by atoms with Gasteiger partial charge in [-0.1, -0.05) is 245 Å². The first-order valence-corrected chi connectivity index (χ1v) is 53.2. The summed E-state index contributed by atoms with van der Waals surface area (Å²) in [5.74, 6) is 4.57. The van der Waals surface area contributed by atoms with E-state index < -0.39 is 19.5 Å². The molecule has 5 aromatic carbocycles. The van der Waals surface area contributed by atoms with Gasteiger partial charge in [0.05, 0.1) is 101 Å². The van der Waals surface area contributed by atoms with E-state index in [9.17, 15) is 24.0 Å². The quantitative estimate of drug-likeness (QED) is 0.0317. The van der Waals surface area contributed by atoms with Crippen molar-refractivity contribution in [2.45, 2.75) is 291 Å². The van der Waals surface area contributed by atoms with Crippen molar-refractivity contribution in [3.8, 4) is 0 Å². The maximum absolute atomic E-state index is 13.0. The number of halogens is 4. The molecule has 5 aromatic rings. The smallest absolute Gasteiger partial charge is 0.252 e. The second-order valence-electron chi connectivity index (χ2n) is 42.7. The number of alkyl halides is 4. The lowest BCUT2D eigenvalue weighted by Crippen LogP contribution is -2.33. The third kappa shape index (κ3) is 19.9. The van der Waals surface area contributed by atoms with Crippen LogP contribution in [0.5, 0.6) is 0 Å². The van der Waals surface area contributed by atoms with Crippen LogP contribution >= 0.6 is 46.4 Å². The molecule has 14 heterocycles. The molecule has 137 heavy (non-hydrogen) atoms. The van der Waals surface area contributed by atoms with E-state index in [0.717, 1.165) is 134 Å². The maximum Gasteiger partial charge on any atom is 0.252 e. The SMILES string of the molecule is CC/C=C1/CC2CO[C@H](c3ccccc3)N2C1=O.CC/C=C1\CC2CO[C@H](c3ccccc3)N2C1=O.CC[C@@H]1C(Cl)(Cl)C12CC1CO[C@H](c3ccccc3)N1C2=O.CC[C@@H]1CC12CNC(CO)C2.CC[C@@H]1CC12CNC(CO)C2.CC[C@H]1C(Cl)(Cl)C12CC1CO[C@H](c3ccccc3)N1C2=O.CC[C@H]1CC12CNC(CO)C2.CC[C@H]1CC12CNC(CO)C2.O=C1CCC2CO[C@H](c3ccccc3)N12. The number of aliphatic hydroxyl groups is 4. The number of hydrogen-bond donors (Lipinski definition) is 8. The molecule has 5 amide bonds. The molecule has 0 radical (unpaired) electrons. The van der Waals surface area contributed by atoms with Crippen LogP contribution in [-0.2, 0) is 47.7 Å². The molecule has 23 nitrogen and oxygen atoms in total. The second kappa shape index (κ2) is 42.9. The van der Waals surface area contributed by atoms with Gasteiger partial charge in [0.2, 0.25) is 17.7 Å². The molecule has 6 saturated carbocycles. The highest BCUT2D eigenvalue weighted by Crippen LogP contribution is 2.78. The number of hydrogen-bond acceptors (Lipinski definition) is 18. The zero-order valence-electron chi connectivity index (χ0n) is 81.5. The van der Waals surface area contributed by atoms with Gasteiger partial charge in [-0.2, -0.15) is 0 Å². The number of allylic oxidation sites excluding steroid dienone is 2. The fourth-order valence-electron chi connectivity index (χ4n) is 26.8. The lowest BCUT2D eigenvalue weighted by molar-refractivity contribution is -0.139. The molecule has 14 aliphatic heterocycles. The standard InChI is InChI=1S/2C16H17Cl2NO2.2C15H17NO2.C12H13NO2.4C9H17NO/c2*1-2-12-15(16(12,17)18)8-11-9-21-13(19(11)14(15)20)10-6-4-3-5-7-10;2*1-2-6-12-9-13-10-18-15(16(13)14(12)17)11-7-4-3-5-8-11;14-11-7-6-10-8-15-12(13(10)11)9-4-2-1-3-5-9;4*1-2-7-3-9(7)4-8(5-11)10-6-9/h2*3-7,11-13H,2,8-9H2,1H3;2*3-8,13,15H,2,9-10H2,1H3;1-5,10,12H,6-8H2;4*7-8,10-11H,2-6H2,1H3/b;;12-6+;12-6-;;;;;/t11?,12-,13+,15?;11?,12-,13-,15?;2*13?,15-;10?,12-;4*7-,8?,9?/m011111100/s1. The molecule has 27 heteroatoms. The molecule has 6 aliphatic carbocycles. The van der Waals surface area contributed by atoms with Crippen LogP contribution in [0, 0.1) is 68.0 Å². The van der Waals surface area contributed by atoms with E-state index in [1.54, 1.807) is 0 Å². The number of nitrogens with zero attached hydrogens (tertiary/aromatic N) is 5. The van der Waals surface area contributed by atoms with Gasteiger partial charge >= 0.3 is 0 Å². The fraction of sp³-hybridized carbons (Fsp3) is 0.645. The van der Waals surface area contributed by atoms with Crippen molar-refractivity contribution in [2.24, 2.45) is 68.0 Å². The minimum Gasteiger partial charge on any atom is -0.395 e. The average Bonchev–Trinajstić information content (AvgIpc) is 1.48. The fourth-order valence-corrected chi connectivity index (χ4v) is 29.1. The largest absolute Gasteiger partial charge is 0.395 e. The number of ether oxygens (including phenoxy) is 5. The normalized spacial score (nSPS) is 38.7. The van der Waals surface area contributed by atoms with Crippen molar-refractivity contribution in [3.63, 3.8) is 0 Å². The molecule has 0 aromatic heterocycles. The third-order valence-corrected chi connectivity index (χ3v) is 37.2. The first kappa shape index (κ1) is 102. The minimum absolute atomic E-state index is 0.0582. The van der Waals surface area contributed by atoms with Crippen molar-refractivity contribution in [1.29, 1.82) is 0 Å². The van der Waals surface area contributed by atoms with E-state index in [1.807, 2.05) is 202 Å². The van der Waals surface area contributed by atoms with Gasteiger partial charge in [-0.15, -0.1) is 46.4 Å². The van der Waals surface area contributed by atoms with Crippen LogP contribution < -0.4 is 21.3 Å². The Balaban J connectivity index is 0.000000108. The van der Waals surface area contributed by atoms with Gasteiger partial charge in [-0.05, 0) is 142 Å². The lowest BCUT2D eigenvalue weighted by atomic mass is 9.98. The van der Waals surface area contributed by atoms with Crippen LogP contribution in [0.4, 0.5) is 0 Å². The number of carbonyl (C=O) groups is 5. The van der Waals surface area contributed by atoms with Gasteiger partial charge in [0, 0.05) is 120 Å². The van der Waals surface area contributed by atoms with Crippen LogP contribution in [0.25, 0.3) is 0 Å². The molecular weight excluding hydrogens is 1810 g/mol. The predicted octanol–water partition coefficient (Wildman–Crippen LogP) is 17.1. The Hall–Kier alpha value is -6.43. The highest BCUT2D eigenvalue weighted by Gasteiger charge is 2.85. The number of benzene rings is 5. The molecule has 25 rings (SSSR count). The van der Waals surface area contributed by atoms with E-state index in [-0.39, 0.29) is 96.7 Å². The minimum atomic E-state index is -0.912. The summed E-state index contributed by atoms with van der Waals surface area (Å²) in [6, 6.07) is 52.1. The zero-order valence-corrected chi connectivity index (χ0v) is 84.5. The summed E-state index contributed by atoms with van der Waals surface area (Å²) in [5.41, 5.74) is 8.39. The molecule has 15 unspecified atom stereocenters. The first-order valence-electron chi connectivity index (χ1n) is 51.7. The zero-order chi connectivity index (χ0) is 96.6. The molecule has 20 fully saturated rings. The summed E-state index contributed by atoms with van der Waals surface area (Å²) in [4.78, 5) is 71.8. The van der Waals surface area contributed by atoms with Crippen LogP contribution in [0.15, 0.2) is 175 Å². The molecular formula is C110H149Cl4N9O14. The Morgan fingerprint density at radius 2 is 0.599 bits per heavy atom. The molecule has 14 saturated heterocycles. The van der Waals surface area contributed by atoms with E-state index >= 15 is 0 Å². The summed E-state index contributed by atoms with van der Waals surface area (Å²) < 4.78 is 27.1. The molecule has 8 N–H and O–H groups in total. The summed E-state index contributed by atoms with van der Waals surface area (Å²) >= 11 is 25.8. The maximum atomic E-state index is 13.0. The molecule has 0 bridgehead atoms. The van der Waals surface area contributed by atoms with Crippen LogP contribution in [0.2, 0.25) is 0 Å². The van der Waals surface area contributed by atoms with Gasteiger partial charge < -0.3 is 89.9 Å². The summed E-state index contributed by atoms with van der Waals surface area (Å²) in [5, 5.41) is 49.2. The highest BCUT2D eigenvalue weighted by molar-refractivity contribution is 6.54. The number of aliphatic hydroxyl groups excluding tert-OH is 4. The topological polar surface area (TPSA) is 277 Å². The summed E-state index contributed by atoms with van der Waals surface area (Å²) in [6.07, 6.45) is 26.8. The van der Waals surface area contributed by atoms with Gasteiger partial charge in [0.25, 0.3) is 11.8 Å². The average molecular weight is 1960 g/mol. The Morgan fingerprint density at radius 3 is 0.839 bits per heavy atom. The summed E-state index contributed by atoms with van der Waals surface area (Å²) in [7, 11) is 0. The van der Waals surface area contributed by atoms with Crippen molar-refractivity contribution in [1.82, 2.24) is 45.8 Å². The van der Waals surface area contributed by atoms with Gasteiger partial charge in [-0.25, -0.2) is 0 Å². The van der Waals surface area contributed by atoms with Gasteiger partial charge in [0.15, 0.2) is 31.1 Å². The number of rotatable bonds is 17. The van der Waals surface area contributed by atoms with Crippen LogP contribution in [0.1, 0.15) is 256 Å². The van der Waals surface area contributed by atoms with Crippen LogP contribution in [-0.4, -0.2) is 223 Å². The van der Waals surface area contributed by atoms with Crippen molar-refractivity contribution < 1.29 is 68.1 Å². The van der Waals surface area contributed by atoms with E-state index in [0.29, 0.717) is 131 Å². The Labute approximate surface area is 831 Å². The Bertz CT molecular complexity index is 4660. The first-order chi connectivity index (χ1) is 66.3. The van der Waals surface area contributed by atoms with Gasteiger partial charge in [0.1, 0.15) is 8.67 Å². The number of carbonyl (C=O) groups excluding carboxylic acids is 5. The van der Waals surface area contributed by atoms with Crippen molar-refractivity contribution in [2.75, 3.05) is 85.6 Å². The van der Waals surface area contributed by atoms with Gasteiger partial charge in [-0.3, -0.25) is 24.0 Å². The number of nitrogens with one attached hydrogen (secondary N) is 4.